The Hall–Kier alpha value is -3.29. The topological polar surface area (TPSA) is 71.6 Å². The van der Waals surface area contributed by atoms with Crippen LogP contribution in [0.1, 0.15) is 27.8 Å². The summed E-state index contributed by atoms with van der Waals surface area (Å²) >= 11 is 0. The van der Waals surface area contributed by atoms with Crippen molar-refractivity contribution >= 4 is 20.9 Å². The molecule has 34 heavy (non-hydrogen) atoms. The molecule has 0 unspecified atom stereocenters. The number of aryl methyl sites for hydroxylation is 3. The average molecular weight is 477 g/mol. The summed E-state index contributed by atoms with van der Waals surface area (Å²) in [6.45, 7) is 6.50. The first kappa shape index (κ1) is 22.5. The van der Waals surface area contributed by atoms with E-state index in [4.69, 9.17) is 9.47 Å². The number of fused-ring (bicyclic) bond motifs is 2. The fourth-order valence-corrected chi connectivity index (χ4v) is 6.65. The second-order valence-electron chi connectivity index (χ2n) is 8.86. The first-order valence-corrected chi connectivity index (χ1v) is 12.8. The second-order valence-corrected chi connectivity index (χ2v) is 10.7. The van der Waals surface area contributed by atoms with Crippen LogP contribution in [0.2, 0.25) is 0 Å². The summed E-state index contributed by atoms with van der Waals surface area (Å²) in [5.74, 6) is 1.33. The van der Waals surface area contributed by atoms with E-state index in [1.165, 1.54) is 0 Å². The van der Waals surface area contributed by atoms with Gasteiger partial charge in [0.1, 0.15) is 0 Å². The number of hydrogen-bond donors (Lipinski definition) is 1. The Balaban J connectivity index is 1.51. The Morgan fingerprint density at radius 1 is 0.941 bits per heavy atom. The molecule has 3 aromatic carbocycles. The van der Waals surface area contributed by atoms with Gasteiger partial charge in [-0.1, -0.05) is 42.0 Å². The second kappa shape index (κ2) is 8.81. The summed E-state index contributed by atoms with van der Waals surface area (Å²) in [4.78, 5) is 3.67. The Morgan fingerprint density at radius 2 is 1.68 bits per heavy atom. The number of H-pyrrole nitrogens is 1. The van der Waals surface area contributed by atoms with Crippen LogP contribution in [0.25, 0.3) is 10.9 Å². The van der Waals surface area contributed by atoms with Crippen LogP contribution in [0, 0.1) is 20.8 Å². The van der Waals surface area contributed by atoms with Gasteiger partial charge < -0.3 is 14.5 Å². The summed E-state index contributed by atoms with van der Waals surface area (Å²) in [6, 6.07) is 17.5. The molecule has 0 saturated carbocycles. The van der Waals surface area contributed by atoms with E-state index in [-0.39, 0.29) is 13.3 Å². The van der Waals surface area contributed by atoms with Crippen molar-refractivity contribution in [3.05, 3.63) is 88.6 Å². The van der Waals surface area contributed by atoms with Gasteiger partial charge in [-0.05, 0) is 67.6 Å². The number of para-hydroxylation sites is 1. The van der Waals surface area contributed by atoms with E-state index in [9.17, 15) is 8.42 Å². The number of sulfonamides is 1. The Morgan fingerprint density at radius 3 is 2.47 bits per heavy atom. The van der Waals surface area contributed by atoms with E-state index in [0.717, 1.165) is 38.7 Å². The molecule has 1 N–H and O–H groups in total. The van der Waals surface area contributed by atoms with Crippen LogP contribution in [-0.2, 0) is 23.0 Å². The van der Waals surface area contributed by atoms with Crippen molar-refractivity contribution in [2.24, 2.45) is 0 Å². The third kappa shape index (κ3) is 4.17. The molecule has 0 radical (unpaired) electrons. The number of nitrogens with one attached hydrogen (secondary N) is 1. The molecule has 0 saturated heterocycles. The van der Waals surface area contributed by atoms with Gasteiger partial charge in [0.25, 0.3) is 0 Å². The van der Waals surface area contributed by atoms with Crippen molar-refractivity contribution in [3.63, 3.8) is 0 Å². The summed E-state index contributed by atoms with van der Waals surface area (Å²) in [5, 5.41) is 1.12. The molecule has 1 aromatic heterocycles. The van der Waals surface area contributed by atoms with Crippen molar-refractivity contribution in [1.82, 2.24) is 9.29 Å². The van der Waals surface area contributed by atoms with Crippen molar-refractivity contribution in [2.45, 2.75) is 38.6 Å². The molecular weight excluding hydrogens is 448 g/mol. The first-order valence-electron chi connectivity index (χ1n) is 11.3. The zero-order valence-electron chi connectivity index (χ0n) is 19.6. The van der Waals surface area contributed by atoms with Crippen molar-refractivity contribution in [3.8, 4) is 11.5 Å². The molecule has 0 fully saturated rings. The lowest BCUT2D eigenvalue weighted by Gasteiger charge is -2.25. The van der Waals surface area contributed by atoms with Gasteiger partial charge in [0.2, 0.25) is 16.8 Å². The molecule has 0 aliphatic carbocycles. The highest BCUT2D eigenvalue weighted by atomic mass is 32.2. The molecule has 7 heteroatoms. The summed E-state index contributed by atoms with van der Waals surface area (Å²) < 4.78 is 40.5. The minimum Gasteiger partial charge on any atom is -0.454 e. The summed E-state index contributed by atoms with van der Waals surface area (Å²) in [6.07, 6.45) is 2.57. The summed E-state index contributed by atoms with van der Waals surface area (Å²) in [7, 11) is -3.75. The van der Waals surface area contributed by atoms with Gasteiger partial charge in [0.05, 0.1) is 4.90 Å². The van der Waals surface area contributed by atoms with Gasteiger partial charge in [-0.15, -0.1) is 0 Å². The number of ether oxygens (including phenoxy) is 2. The van der Waals surface area contributed by atoms with E-state index < -0.39 is 10.0 Å². The standard InChI is InChI=1S/C27H28N2O4S/c1-18-12-19(2)27(20(3)13-18)34(30,31)29(16-21-8-9-25-26(14-21)33-17-32-25)11-10-22-15-28-24-7-5-4-6-23(22)24/h4-9,12-15,28H,10-11,16-17H2,1-3H3. The first-order chi connectivity index (χ1) is 16.3. The van der Waals surface area contributed by atoms with E-state index in [2.05, 4.69) is 11.1 Å². The zero-order chi connectivity index (χ0) is 23.9. The maximum atomic E-state index is 14.0. The molecule has 0 amide bonds. The van der Waals surface area contributed by atoms with E-state index in [0.29, 0.717) is 29.4 Å². The van der Waals surface area contributed by atoms with Crippen LogP contribution in [0.15, 0.2) is 65.7 Å². The van der Waals surface area contributed by atoms with Gasteiger partial charge in [0.15, 0.2) is 11.5 Å². The van der Waals surface area contributed by atoms with Crippen LogP contribution in [-0.4, -0.2) is 31.0 Å². The molecule has 1 aliphatic rings. The SMILES string of the molecule is Cc1cc(C)c(S(=O)(=O)N(CCc2c[nH]c3ccccc23)Cc2ccc3c(c2)OCO3)c(C)c1. The van der Waals surface area contributed by atoms with Gasteiger partial charge in [-0.2, -0.15) is 4.31 Å². The van der Waals surface area contributed by atoms with Gasteiger partial charge >= 0.3 is 0 Å². The predicted octanol–water partition coefficient (Wildman–Crippen LogP) is 5.26. The number of hydrogen-bond acceptors (Lipinski definition) is 4. The Kier molecular flexibility index (Phi) is 5.83. The lowest BCUT2D eigenvalue weighted by molar-refractivity contribution is 0.174. The molecule has 1 aliphatic heterocycles. The van der Waals surface area contributed by atoms with Gasteiger partial charge in [0, 0.05) is 30.2 Å². The Labute approximate surface area is 200 Å². The zero-order valence-corrected chi connectivity index (χ0v) is 20.4. The highest BCUT2D eigenvalue weighted by molar-refractivity contribution is 7.89. The van der Waals surface area contributed by atoms with Crippen LogP contribution in [0.3, 0.4) is 0 Å². The number of rotatable bonds is 7. The van der Waals surface area contributed by atoms with Crippen LogP contribution < -0.4 is 9.47 Å². The van der Waals surface area contributed by atoms with E-state index in [1.807, 2.05) is 75.5 Å². The minimum absolute atomic E-state index is 0.184. The number of benzene rings is 3. The van der Waals surface area contributed by atoms with Crippen molar-refractivity contribution in [1.29, 1.82) is 0 Å². The quantitative estimate of drug-likeness (QED) is 0.395. The van der Waals surface area contributed by atoms with Gasteiger partial charge in [-0.25, -0.2) is 8.42 Å². The molecule has 2 heterocycles. The molecule has 176 valence electrons. The third-order valence-corrected chi connectivity index (χ3v) is 8.46. The maximum Gasteiger partial charge on any atom is 0.243 e. The lowest BCUT2D eigenvalue weighted by atomic mass is 10.1. The lowest BCUT2D eigenvalue weighted by Crippen LogP contribution is -2.33. The molecule has 6 nitrogen and oxygen atoms in total. The number of aromatic amines is 1. The Bertz CT molecular complexity index is 1450. The van der Waals surface area contributed by atoms with Crippen molar-refractivity contribution < 1.29 is 17.9 Å². The predicted molar refractivity (Wildman–Crippen MR) is 133 cm³/mol. The minimum atomic E-state index is -3.75. The number of aromatic nitrogens is 1. The highest BCUT2D eigenvalue weighted by Crippen LogP contribution is 2.34. The van der Waals surface area contributed by atoms with E-state index in [1.54, 1.807) is 4.31 Å². The summed E-state index contributed by atoms with van der Waals surface area (Å²) in [5.41, 5.74) is 5.58. The monoisotopic (exact) mass is 476 g/mol. The molecule has 5 rings (SSSR count). The molecule has 0 atom stereocenters. The van der Waals surface area contributed by atoms with Crippen molar-refractivity contribution in [2.75, 3.05) is 13.3 Å². The van der Waals surface area contributed by atoms with Crippen LogP contribution in [0.4, 0.5) is 0 Å². The smallest absolute Gasteiger partial charge is 0.243 e. The molecule has 4 aromatic rings. The molecule has 0 spiro atoms. The van der Waals surface area contributed by atoms with Crippen LogP contribution >= 0.6 is 0 Å². The fraction of sp³-hybridized carbons (Fsp3) is 0.259. The fourth-order valence-electron chi connectivity index (χ4n) is 4.81. The highest BCUT2D eigenvalue weighted by Gasteiger charge is 2.29. The third-order valence-electron chi connectivity index (χ3n) is 6.30. The normalized spacial score (nSPS) is 13.2. The average Bonchev–Trinajstić information content (AvgIpc) is 3.42. The molecule has 0 bridgehead atoms. The maximum absolute atomic E-state index is 14.0. The van der Waals surface area contributed by atoms with Gasteiger partial charge in [-0.3, -0.25) is 0 Å². The molecular formula is C27H28N2O4S. The van der Waals surface area contributed by atoms with E-state index >= 15 is 0 Å². The largest absolute Gasteiger partial charge is 0.454 e. The van der Waals surface area contributed by atoms with Crippen LogP contribution in [0.5, 0.6) is 11.5 Å². The number of nitrogens with zero attached hydrogens (tertiary/aromatic N) is 1.